The lowest BCUT2D eigenvalue weighted by Crippen LogP contribution is -2.27. The summed E-state index contributed by atoms with van der Waals surface area (Å²) in [5, 5.41) is 11.5. The molecule has 0 aliphatic heterocycles. The number of nitrogens with one attached hydrogen (secondary N) is 1. The Morgan fingerprint density at radius 3 is 2.80 bits per heavy atom. The summed E-state index contributed by atoms with van der Waals surface area (Å²) >= 11 is 0. The SMILES string of the molecule is CCOC(=O)c1[nH]c2cc3c(nc2c1[N+](=O)[O-])CCC(C(C)(C)C)C3. The number of carbonyl (C=O) groups is 1. The van der Waals surface area contributed by atoms with E-state index in [2.05, 4.69) is 30.7 Å². The first kappa shape index (κ1) is 17.4. The third kappa shape index (κ3) is 3.10. The number of nitro groups is 1. The summed E-state index contributed by atoms with van der Waals surface area (Å²) in [5.74, 6) is -0.188. The molecule has 2 aromatic heterocycles. The van der Waals surface area contributed by atoms with Gasteiger partial charge in [-0.2, -0.15) is 0 Å². The number of aromatic nitrogens is 2. The van der Waals surface area contributed by atoms with Crippen molar-refractivity contribution >= 4 is 22.7 Å². The van der Waals surface area contributed by atoms with E-state index in [1.165, 1.54) is 0 Å². The summed E-state index contributed by atoms with van der Waals surface area (Å²) in [6.07, 6.45) is 2.70. The average molecular weight is 345 g/mol. The molecule has 0 saturated carbocycles. The molecule has 1 aliphatic rings. The number of nitrogens with zero attached hydrogens (tertiary/aromatic N) is 2. The molecule has 2 aromatic rings. The van der Waals surface area contributed by atoms with Gasteiger partial charge >= 0.3 is 11.7 Å². The molecule has 134 valence electrons. The van der Waals surface area contributed by atoms with Crippen LogP contribution in [0.15, 0.2) is 6.07 Å². The van der Waals surface area contributed by atoms with E-state index in [1.807, 2.05) is 6.07 Å². The van der Waals surface area contributed by atoms with Gasteiger partial charge in [0.2, 0.25) is 5.69 Å². The normalized spacial score (nSPS) is 17.4. The predicted octanol–water partition coefficient (Wildman–Crippen LogP) is 3.80. The Hall–Kier alpha value is -2.44. The van der Waals surface area contributed by atoms with Crippen LogP contribution in [0.3, 0.4) is 0 Å². The van der Waals surface area contributed by atoms with E-state index in [4.69, 9.17) is 4.74 Å². The highest BCUT2D eigenvalue weighted by molar-refractivity contribution is 6.02. The molecule has 1 N–H and O–H groups in total. The van der Waals surface area contributed by atoms with Crippen molar-refractivity contribution < 1.29 is 14.5 Å². The lowest BCUT2D eigenvalue weighted by Gasteiger charge is -2.34. The van der Waals surface area contributed by atoms with Crippen molar-refractivity contribution in [3.05, 3.63) is 33.1 Å². The van der Waals surface area contributed by atoms with Crippen LogP contribution >= 0.6 is 0 Å². The van der Waals surface area contributed by atoms with Gasteiger partial charge in [0.1, 0.15) is 0 Å². The first-order chi connectivity index (χ1) is 11.7. The van der Waals surface area contributed by atoms with E-state index in [0.717, 1.165) is 30.5 Å². The van der Waals surface area contributed by atoms with Gasteiger partial charge in [-0.05, 0) is 49.1 Å². The van der Waals surface area contributed by atoms with Crippen LogP contribution in [0.2, 0.25) is 0 Å². The molecule has 0 spiro atoms. The zero-order chi connectivity index (χ0) is 18.4. The van der Waals surface area contributed by atoms with Gasteiger partial charge < -0.3 is 9.72 Å². The van der Waals surface area contributed by atoms with Crippen molar-refractivity contribution in [2.45, 2.75) is 47.0 Å². The summed E-state index contributed by atoms with van der Waals surface area (Å²) in [7, 11) is 0. The number of rotatable bonds is 3. The highest BCUT2D eigenvalue weighted by Crippen LogP contribution is 2.39. The van der Waals surface area contributed by atoms with Gasteiger partial charge in [-0.3, -0.25) is 10.1 Å². The summed E-state index contributed by atoms with van der Waals surface area (Å²) in [5.41, 5.74) is 2.52. The molecular formula is C18H23N3O4. The Balaban J connectivity index is 2.11. The van der Waals surface area contributed by atoms with E-state index in [-0.39, 0.29) is 28.9 Å². The fourth-order valence-electron chi connectivity index (χ4n) is 3.52. The minimum Gasteiger partial charge on any atom is -0.461 e. The molecule has 1 atom stereocenters. The number of esters is 1. The molecule has 3 rings (SSSR count). The molecule has 0 radical (unpaired) electrons. The molecular weight excluding hydrogens is 322 g/mol. The standard InChI is InChI=1S/C18H23N3O4/c1-5-25-17(22)15-16(21(23)24)14-13(20-15)9-10-8-11(18(2,3)4)6-7-12(10)19-14/h9,11,20H,5-8H2,1-4H3. The highest BCUT2D eigenvalue weighted by atomic mass is 16.6. The Kier molecular flexibility index (Phi) is 4.26. The monoisotopic (exact) mass is 345 g/mol. The van der Waals surface area contributed by atoms with E-state index < -0.39 is 10.9 Å². The molecule has 0 saturated heterocycles. The van der Waals surface area contributed by atoms with Gasteiger partial charge in [-0.15, -0.1) is 0 Å². The number of fused-ring (bicyclic) bond motifs is 2. The van der Waals surface area contributed by atoms with Gasteiger partial charge in [0.05, 0.1) is 17.0 Å². The maximum Gasteiger partial charge on any atom is 0.362 e. The zero-order valence-electron chi connectivity index (χ0n) is 15.0. The van der Waals surface area contributed by atoms with Crippen molar-refractivity contribution in [1.82, 2.24) is 9.97 Å². The number of ether oxygens (including phenoxy) is 1. The molecule has 0 amide bonds. The van der Waals surface area contributed by atoms with Gasteiger partial charge in [-0.1, -0.05) is 20.8 Å². The second-order valence-corrected chi connectivity index (χ2v) is 7.62. The quantitative estimate of drug-likeness (QED) is 0.518. The largest absolute Gasteiger partial charge is 0.461 e. The van der Waals surface area contributed by atoms with Crippen LogP contribution < -0.4 is 0 Å². The molecule has 1 unspecified atom stereocenters. The number of aromatic amines is 1. The van der Waals surface area contributed by atoms with Crippen molar-refractivity contribution in [1.29, 1.82) is 0 Å². The third-order valence-corrected chi connectivity index (χ3v) is 4.99. The molecule has 1 aliphatic carbocycles. The number of hydrogen-bond acceptors (Lipinski definition) is 5. The zero-order valence-corrected chi connectivity index (χ0v) is 15.0. The van der Waals surface area contributed by atoms with Gasteiger partial charge in [0.25, 0.3) is 0 Å². The topological polar surface area (TPSA) is 98.1 Å². The fourth-order valence-corrected chi connectivity index (χ4v) is 3.52. The number of carbonyl (C=O) groups excluding carboxylic acids is 1. The first-order valence-electron chi connectivity index (χ1n) is 8.58. The van der Waals surface area contributed by atoms with Crippen LogP contribution in [0.4, 0.5) is 5.69 Å². The Labute approximate surface area is 145 Å². The predicted molar refractivity (Wildman–Crippen MR) is 93.7 cm³/mol. The van der Waals surface area contributed by atoms with Gasteiger partial charge in [0.15, 0.2) is 5.52 Å². The highest BCUT2D eigenvalue weighted by Gasteiger charge is 2.33. The second kappa shape index (κ2) is 6.13. The third-order valence-electron chi connectivity index (χ3n) is 4.99. The summed E-state index contributed by atoms with van der Waals surface area (Å²) in [4.78, 5) is 30.4. The van der Waals surface area contributed by atoms with Crippen LogP contribution in [0, 0.1) is 21.4 Å². The van der Waals surface area contributed by atoms with Crippen LogP contribution in [-0.2, 0) is 17.6 Å². The summed E-state index contributed by atoms with van der Waals surface area (Å²) < 4.78 is 4.93. The summed E-state index contributed by atoms with van der Waals surface area (Å²) in [6.45, 7) is 8.51. The smallest absolute Gasteiger partial charge is 0.362 e. The van der Waals surface area contributed by atoms with E-state index in [1.54, 1.807) is 6.92 Å². The van der Waals surface area contributed by atoms with Crippen molar-refractivity contribution in [2.75, 3.05) is 6.61 Å². The van der Waals surface area contributed by atoms with Crippen LogP contribution in [0.5, 0.6) is 0 Å². The number of H-pyrrole nitrogens is 1. The maximum atomic E-state index is 12.1. The van der Waals surface area contributed by atoms with Crippen molar-refractivity contribution in [3.8, 4) is 0 Å². The number of aryl methyl sites for hydroxylation is 1. The average Bonchev–Trinajstić information content (AvgIpc) is 2.90. The minimum absolute atomic E-state index is 0.135. The minimum atomic E-state index is -0.724. The molecule has 7 nitrogen and oxygen atoms in total. The second-order valence-electron chi connectivity index (χ2n) is 7.62. The van der Waals surface area contributed by atoms with Crippen LogP contribution in [0.1, 0.15) is 55.9 Å². The molecule has 0 fully saturated rings. The Morgan fingerprint density at radius 2 is 2.20 bits per heavy atom. The van der Waals surface area contributed by atoms with E-state index in [0.29, 0.717) is 11.4 Å². The molecule has 7 heteroatoms. The van der Waals surface area contributed by atoms with Crippen molar-refractivity contribution in [3.63, 3.8) is 0 Å². The van der Waals surface area contributed by atoms with Crippen molar-refractivity contribution in [2.24, 2.45) is 11.3 Å². The van der Waals surface area contributed by atoms with E-state index in [9.17, 15) is 14.9 Å². The van der Waals surface area contributed by atoms with E-state index >= 15 is 0 Å². The van der Waals surface area contributed by atoms with Gasteiger partial charge in [0, 0.05) is 5.69 Å². The fraction of sp³-hybridized carbons (Fsp3) is 0.556. The van der Waals surface area contributed by atoms with Crippen LogP contribution in [-0.4, -0.2) is 27.5 Å². The molecule has 25 heavy (non-hydrogen) atoms. The van der Waals surface area contributed by atoms with Gasteiger partial charge in [-0.25, -0.2) is 9.78 Å². The number of pyridine rings is 1. The molecule has 2 heterocycles. The molecule has 0 bridgehead atoms. The van der Waals surface area contributed by atoms with Crippen LogP contribution in [0.25, 0.3) is 11.0 Å². The Morgan fingerprint density at radius 1 is 1.48 bits per heavy atom. The summed E-state index contributed by atoms with van der Waals surface area (Å²) in [6, 6.07) is 1.91. The lowest BCUT2D eigenvalue weighted by molar-refractivity contribution is -0.383. The lowest BCUT2D eigenvalue weighted by atomic mass is 9.71. The molecule has 0 aromatic carbocycles. The first-order valence-corrected chi connectivity index (χ1v) is 8.58. The maximum absolute atomic E-state index is 12.1. The Bertz CT molecular complexity index is 848. The number of hydrogen-bond donors (Lipinski definition) is 1.